The largest absolute Gasteiger partial charge is 0.425 e. The fraction of sp³-hybridized carbons (Fsp3) is 0.556. The molecule has 0 unspecified atom stereocenters. The van der Waals surface area contributed by atoms with Crippen molar-refractivity contribution in [2.24, 2.45) is 0 Å². The molecule has 0 radical (unpaired) electrons. The van der Waals surface area contributed by atoms with Crippen LogP contribution in [0, 0.1) is 20.8 Å². The van der Waals surface area contributed by atoms with Crippen LogP contribution in [0.2, 0.25) is 0 Å². The molecule has 2 aromatic rings. The summed E-state index contributed by atoms with van der Waals surface area (Å²) in [6.45, 7) is 8.37. The highest BCUT2D eigenvalue weighted by atomic mass is 16.5. The van der Waals surface area contributed by atoms with Gasteiger partial charge in [0.25, 0.3) is 0 Å². The van der Waals surface area contributed by atoms with Crippen molar-refractivity contribution < 1.29 is 14.3 Å². The van der Waals surface area contributed by atoms with Crippen LogP contribution in [0.5, 0.6) is 0 Å². The van der Waals surface area contributed by atoms with Crippen molar-refractivity contribution in [1.29, 1.82) is 0 Å². The molecule has 0 amide bonds. The van der Waals surface area contributed by atoms with Gasteiger partial charge in [-0.2, -0.15) is 0 Å². The van der Waals surface area contributed by atoms with Gasteiger partial charge in [-0.25, -0.2) is 0 Å². The fourth-order valence-electron chi connectivity index (χ4n) is 5.96. The van der Waals surface area contributed by atoms with Gasteiger partial charge >= 0.3 is 5.97 Å². The maximum absolute atomic E-state index is 13.4. The number of allylic oxidation sites excluding steroid dienone is 1. The predicted molar refractivity (Wildman–Crippen MR) is 164 cm³/mol. The number of hydrogen-bond acceptors (Lipinski definition) is 3. The summed E-state index contributed by atoms with van der Waals surface area (Å²) < 4.78 is 5.95. The molecule has 1 aliphatic carbocycles. The molecule has 1 aliphatic rings. The van der Waals surface area contributed by atoms with Gasteiger partial charge in [-0.15, -0.1) is 0 Å². The third-order valence-corrected chi connectivity index (χ3v) is 8.00. The maximum Gasteiger partial charge on any atom is 0.311 e. The molecule has 3 rings (SSSR count). The molecule has 39 heavy (non-hydrogen) atoms. The molecule has 0 atom stereocenters. The molecule has 0 saturated heterocycles. The molecule has 2 aromatic carbocycles. The Morgan fingerprint density at radius 3 is 1.64 bits per heavy atom. The molecule has 0 aromatic heterocycles. The first kappa shape index (κ1) is 30.9. The Kier molecular flexibility index (Phi) is 13.0. The van der Waals surface area contributed by atoms with E-state index in [0.717, 1.165) is 40.7 Å². The summed E-state index contributed by atoms with van der Waals surface area (Å²) in [5.41, 5.74) is 5.96. The number of aryl methyl sites for hydroxylation is 3. The van der Waals surface area contributed by atoms with Crippen LogP contribution in [-0.2, 0) is 9.53 Å². The minimum Gasteiger partial charge on any atom is -0.425 e. The van der Waals surface area contributed by atoms with Gasteiger partial charge in [0.2, 0.25) is 0 Å². The van der Waals surface area contributed by atoms with Crippen molar-refractivity contribution in [3.63, 3.8) is 0 Å². The third-order valence-electron chi connectivity index (χ3n) is 8.00. The van der Waals surface area contributed by atoms with Crippen molar-refractivity contribution >= 4 is 23.1 Å². The monoisotopic (exact) mass is 530 g/mol. The highest BCUT2D eigenvalue weighted by Gasteiger charge is 2.34. The van der Waals surface area contributed by atoms with E-state index >= 15 is 0 Å². The lowest BCUT2D eigenvalue weighted by Crippen LogP contribution is -2.06. The van der Waals surface area contributed by atoms with E-state index in [9.17, 15) is 9.59 Å². The molecule has 0 N–H and O–H groups in total. The van der Waals surface area contributed by atoms with E-state index in [2.05, 4.69) is 26.0 Å². The summed E-state index contributed by atoms with van der Waals surface area (Å²) in [5.74, 6) is 0.121. The average molecular weight is 531 g/mol. The van der Waals surface area contributed by atoms with E-state index in [1.807, 2.05) is 38.1 Å². The van der Waals surface area contributed by atoms with Gasteiger partial charge in [0.05, 0.1) is 5.57 Å². The number of ether oxygens (including phenoxy) is 1. The highest BCUT2D eigenvalue weighted by Crippen LogP contribution is 2.41. The first-order chi connectivity index (χ1) is 18.9. The Morgan fingerprint density at radius 2 is 1.13 bits per heavy atom. The fourth-order valence-corrected chi connectivity index (χ4v) is 5.96. The molecule has 3 nitrogen and oxygen atoms in total. The van der Waals surface area contributed by atoms with Crippen molar-refractivity contribution in [3.8, 4) is 0 Å². The zero-order valence-corrected chi connectivity index (χ0v) is 25.0. The topological polar surface area (TPSA) is 43.4 Å². The standard InChI is InChI=1S/C36H50O3/c1-5-6-7-8-9-10-11-12-13-14-15-16-17-18-19-24-32(37)39-36-31-23-21-20-22-30(31)35(38)34(36)33-28(3)25-27(2)26-29(33)4/h20-23,25-26H,5-19,24H2,1-4H3. The predicted octanol–water partition coefficient (Wildman–Crippen LogP) is 10.5. The minimum absolute atomic E-state index is 0.0598. The van der Waals surface area contributed by atoms with Crippen molar-refractivity contribution in [1.82, 2.24) is 0 Å². The van der Waals surface area contributed by atoms with Crippen LogP contribution in [0.4, 0.5) is 0 Å². The van der Waals surface area contributed by atoms with Gasteiger partial charge in [-0.3, -0.25) is 9.59 Å². The molecule has 0 aliphatic heterocycles. The minimum atomic E-state index is -0.246. The average Bonchev–Trinajstić information content (AvgIpc) is 3.17. The Hall–Kier alpha value is -2.68. The molecule has 212 valence electrons. The van der Waals surface area contributed by atoms with Crippen LogP contribution in [0.15, 0.2) is 36.4 Å². The zero-order valence-electron chi connectivity index (χ0n) is 25.0. The molecular weight excluding hydrogens is 480 g/mol. The summed E-state index contributed by atoms with van der Waals surface area (Å²) >= 11 is 0. The summed E-state index contributed by atoms with van der Waals surface area (Å²) in [7, 11) is 0. The van der Waals surface area contributed by atoms with E-state index in [4.69, 9.17) is 4.74 Å². The number of fused-ring (bicyclic) bond motifs is 1. The van der Waals surface area contributed by atoms with Crippen LogP contribution in [0.1, 0.15) is 148 Å². The second kappa shape index (κ2) is 16.4. The number of esters is 1. The van der Waals surface area contributed by atoms with Crippen molar-refractivity contribution in [3.05, 3.63) is 69.8 Å². The number of carbonyl (C=O) groups is 2. The number of hydrogen-bond donors (Lipinski definition) is 0. The maximum atomic E-state index is 13.4. The van der Waals surface area contributed by atoms with Crippen LogP contribution in [-0.4, -0.2) is 11.8 Å². The molecule has 0 fully saturated rings. The second-order valence-electron chi connectivity index (χ2n) is 11.5. The number of Topliss-reactive ketones (excluding diaryl/α,β-unsaturated/α-hetero) is 1. The van der Waals surface area contributed by atoms with Gasteiger partial charge in [-0.05, 0) is 43.9 Å². The van der Waals surface area contributed by atoms with Gasteiger partial charge in [0.15, 0.2) is 11.5 Å². The van der Waals surface area contributed by atoms with E-state index in [-0.39, 0.29) is 11.8 Å². The second-order valence-corrected chi connectivity index (χ2v) is 11.5. The van der Waals surface area contributed by atoms with Crippen molar-refractivity contribution in [2.45, 2.75) is 130 Å². The summed E-state index contributed by atoms with van der Waals surface area (Å²) in [4.78, 5) is 26.3. The van der Waals surface area contributed by atoms with E-state index in [1.54, 1.807) is 0 Å². The third kappa shape index (κ3) is 9.19. The summed E-state index contributed by atoms with van der Waals surface area (Å²) in [6.07, 6.45) is 19.8. The SMILES string of the molecule is CCCCCCCCCCCCCCCCCC(=O)OC1=C(c2c(C)cc(C)cc2C)C(=O)c2ccccc21. The summed E-state index contributed by atoms with van der Waals surface area (Å²) in [6, 6.07) is 11.6. The number of rotatable bonds is 18. The molecule has 0 saturated carbocycles. The van der Waals surface area contributed by atoms with E-state index in [0.29, 0.717) is 23.3 Å². The molecule has 3 heteroatoms. The quantitative estimate of drug-likeness (QED) is 0.142. The van der Waals surface area contributed by atoms with E-state index < -0.39 is 0 Å². The Morgan fingerprint density at radius 1 is 0.667 bits per heavy atom. The number of benzene rings is 2. The van der Waals surface area contributed by atoms with Crippen LogP contribution >= 0.6 is 0 Å². The molecule has 0 spiro atoms. The van der Waals surface area contributed by atoms with E-state index in [1.165, 1.54) is 83.5 Å². The first-order valence-corrected chi connectivity index (χ1v) is 15.6. The van der Waals surface area contributed by atoms with Crippen LogP contribution in [0.3, 0.4) is 0 Å². The highest BCUT2D eigenvalue weighted by molar-refractivity contribution is 6.39. The van der Waals surface area contributed by atoms with Crippen molar-refractivity contribution in [2.75, 3.05) is 0 Å². The Bertz CT molecular complexity index is 1100. The first-order valence-electron chi connectivity index (χ1n) is 15.6. The Labute approximate surface area is 237 Å². The van der Waals surface area contributed by atoms with Crippen LogP contribution < -0.4 is 0 Å². The summed E-state index contributed by atoms with van der Waals surface area (Å²) in [5, 5.41) is 0. The lowest BCUT2D eigenvalue weighted by atomic mass is 9.92. The zero-order chi connectivity index (χ0) is 28.0. The van der Waals surface area contributed by atoms with Gasteiger partial charge < -0.3 is 4.74 Å². The Balaban J connectivity index is 1.41. The lowest BCUT2D eigenvalue weighted by molar-refractivity contribution is -0.136. The van der Waals surface area contributed by atoms with Gasteiger partial charge in [0.1, 0.15) is 0 Å². The number of ketones is 1. The smallest absolute Gasteiger partial charge is 0.311 e. The van der Waals surface area contributed by atoms with Crippen LogP contribution in [0.25, 0.3) is 11.3 Å². The van der Waals surface area contributed by atoms with Gasteiger partial charge in [0, 0.05) is 17.5 Å². The molecule has 0 heterocycles. The number of carbonyl (C=O) groups excluding carboxylic acids is 2. The molecular formula is C36H50O3. The number of unbranched alkanes of at least 4 members (excludes halogenated alkanes) is 14. The lowest BCUT2D eigenvalue weighted by Gasteiger charge is -2.14. The van der Waals surface area contributed by atoms with Gasteiger partial charge in [-0.1, -0.05) is 139 Å². The molecule has 0 bridgehead atoms. The normalized spacial score (nSPS) is 12.8.